The highest BCUT2D eigenvalue weighted by molar-refractivity contribution is 6.25. The molecule has 1 aromatic rings. The molecule has 0 atom stereocenters. The fraction of sp³-hybridized carbons (Fsp3) is 0.100. The average Bonchev–Trinajstić information content (AvgIpc) is 2.43. The number of carbonyl (C=O) groups excluding carboxylic acids is 2. The van der Waals surface area contributed by atoms with Crippen molar-refractivity contribution in [3.8, 4) is 0 Å². The van der Waals surface area contributed by atoms with E-state index >= 15 is 0 Å². The molecule has 0 unspecified atom stereocenters. The Labute approximate surface area is 90.3 Å². The molecule has 0 bridgehead atoms. The van der Waals surface area contributed by atoms with Gasteiger partial charge < -0.3 is 10.8 Å². The summed E-state index contributed by atoms with van der Waals surface area (Å²) < 4.78 is 0. The first-order chi connectivity index (χ1) is 7.45. The highest BCUT2D eigenvalue weighted by atomic mass is 16.4. The number of rotatable bonds is 1. The van der Waals surface area contributed by atoms with Crippen LogP contribution >= 0.6 is 0 Å². The van der Waals surface area contributed by atoms with Gasteiger partial charge in [-0.25, -0.2) is 4.79 Å². The third-order valence-corrected chi connectivity index (χ3v) is 2.50. The summed E-state index contributed by atoms with van der Waals surface area (Å²) in [7, 11) is 1.30. The van der Waals surface area contributed by atoms with Gasteiger partial charge in [-0.1, -0.05) is 0 Å². The third kappa shape index (κ3) is 1.10. The average molecular weight is 220 g/mol. The molecular weight excluding hydrogens is 212 g/mol. The second kappa shape index (κ2) is 3.06. The first-order valence-electron chi connectivity index (χ1n) is 4.43. The maximum Gasteiger partial charge on any atom is 0.338 e. The Morgan fingerprint density at radius 1 is 1.31 bits per heavy atom. The number of carbonyl (C=O) groups is 3. The Kier molecular flexibility index (Phi) is 1.94. The largest absolute Gasteiger partial charge is 0.478 e. The number of carboxylic acid groups (broad SMARTS) is 1. The predicted octanol–water partition coefficient (Wildman–Crippen LogP) is 0.193. The molecule has 16 heavy (non-hydrogen) atoms. The number of aromatic carboxylic acids is 1. The van der Waals surface area contributed by atoms with Gasteiger partial charge in [-0.2, -0.15) is 0 Å². The summed E-state index contributed by atoms with van der Waals surface area (Å²) in [6.45, 7) is 0. The summed E-state index contributed by atoms with van der Waals surface area (Å²) in [4.78, 5) is 35.1. The SMILES string of the molecule is CN1C(=O)c2ccc(N)c(C(=O)O)c2C1=O. The summed E-state index contributed by atoms with van der Waals surface area (Å²) in [5.41, 5.74) is 5.11. The molecule has 6 nitrogen and oxygen atoms in total. The van der Waals surface area contributed by atoms with Crippen molar-refractivity contribution >= 4 is 23.5 Å². The van der Waals surface area contributed by atoms with E-state index in [9.17, 15) is 14.4 Å². The highest BCUT2D eigenvalue weighted by Gasteiger charge is 2.37. The van der Waals surface area contributed by atoms with Crippen LogP contribution in [0, 0.1) is 0 Å². The predicted molar refractivity (Wildman–Crippen MR) is 54.2 cm³/mol. The molecule has 6 heteroatoms. The monoisotopic (exact) mass is 220 g/mol. The number of nitrogens with two attached hydrogens (primary N) is 1. The van der Waals surface area contributed by atoms with E-state index in [0.717, 1.165) is 4.90 Å². The van der Waals surface area contributed by atoms with E-state index in [1.165, 1.54) is 19.2 Å². The Hall–Kier alpha value is -2.37. The Bertz CT molecular complexity index is 536. The van der Waals surface area contributed by atoms with Gasteiger partial charge in [0.05, 0.1) is 16.7 Å². The van der Waals surface area contributed by atoms with Crippen LogP contribution in [0.1, 0.15) is 31.1 Å². The van der Waals surface area contributed by atoms with E-state index < -0.39 is 17.8 Å². The summed E-state index contributed by atoms with van der Waals surface area (Å²) in [5.74, 6) is -2.46. The number of hydrogen-bond acceptors (Lipinski definition) is 4. The van der Waals surface area contributed by atoms with E-state index in [1.807, 2.05) is 0 Å². The van der Waals surface area contributed by atoms with Crippen LogP contribution in [0.3, 0.4) is 0 Å². The Morgan fingerprint density at radius 2 is 1.94 bits per heavy atom. The summed E-state index contributed by atoms with van der Waals surface area (Å²) >= 11 is 0. The van der Waals surface area contributed by atoms with Crippen LogP contribution < -0.4 is 5.73 Å². The molecule has 0 aliphatic carbocycles. The molecule has 1 heterocycles. The standard InChI is InChI=1S/C10H8N2O4/c1-12-8(13)4-2-3-5(11)7(10(15)16)6(4)9(12)14/h2-3H,11H2,1H3,(H,15,16). The van der Waals surface area contributed by atoms with Gasteiger partial charge in [0.2, 0.25) is 0 Å². The van der Waals surface area contributed by atoms with Crippen molar-refractivity contribution in [1.29, 1.82) is 0 Å². The zero-order chi connectivity index (χ0) is 12.0. The van der Waals surface area contributed by atoms with Crippen LogP contribution in [0.4, 0.5) is 5.69 Å². The molecule has 2 amide bonds. The molecule has 0 saturated heterocycles. The third-order valence-electron chi connectivity index (χ3n) is 2.50. The molecule has 0 spiro atoms. The maximum atomic E-state index is 11.7. The smallest absolute Gasteiger partial charge is 0.338 e. The van der Waals surface area contributed by atoms with E-state index in [1.54, 1.807) is 0 Å². The van der Waals surface area contributed by atoms with Crippen LogP contribution in [0.15, 0.2) is 12.1 Å². The van der Waals surface area contributed by atoms with Crippen LogP contribution in [0.5, 0.6) is 0 Å². The van der Waals surface area contributed by atoms with Crippen molar-refractivity contribution in [2.75, 3.05) is 12.8 Å². The van der Waals surface area contributed by atoms with E-state index in [2.05, 4.69) is 0 Å². The van der Waals surface area contributed by atoms with Gasteiger partial charge in [0.15, 0.2) is 0 Å². The van der Waals surface area contributed by atoms with Crippen LogP contribution in [0.2, 0.25) is 0 Å². The lowest BCUT2D eigenvalue weighted by Crippen LogP contribution is -2.24. The van der Waals surface area contributed by atoms with Crippen LogP contribution in [0.25, 0.3) is 0 Å². The van der Waals surface area contributed by atoms with E-state index in [4.69, 9.17) is 10.8 Å². The van der Waals surface area contributed by atoms with E-state index in [-0.39, 0.29) is 22.4 Å². The Balaban J connectivity index is 2.81. The zero-order valence-corrected chi connectivity index (χ0v) is 8.35. The normalized spacial score (nSPS) is 14.2. The molecule has 0 aromatic heterocycles. The molecule has 1 aliphatic rings. The number of benzene rings is 1. The molecule has 0 saturated carbocycles. The first-order valence-corrected chi connectivity index (χ1v) is 4.43. The molecule has 1 aromatic carbocycles. The van der Waals surface area contributed by atoms with Gasteiger partial charge in [-0.15, -0.1) is 0 Å². The number of fused-ring (bicyclic) bond motifs is 1. The van der Waals surface area contributed by atoms with E-state index in [0.29, 0.717) is 0 Å². The van der Waals surface area contributed by atoms with Crippen molar-refractivity contribution in [1.82, 2.24) is 4.90 Å². The summed E-state index contributed by atoms with van der Waals surface area (Å²) in [6, 6.07) is 2.67. The van der Waals surface area contributed by atoms with Crippen molar-refractivity contribution in [3.63, 3.8) is 0 Å². The molecule has 3 N–H and O–H groups in total. The molecular formula is C10H8N2O4. The molecule has 0 fully saturated rings. The number of anilines is 1. The number of imide groups is 1. The minimum absolute atomic E-state index is 0.0253. The van der Waals surface area contributed by atoms with Crippen molar-refractivity contribution < 1.29 is 19.5 Å². The van der Waals surface area contributed by atoms with Gasteiger partial charge in [0, 0.05) is 12.7 Å². The second-order valence-corrected chi connectivity index (χ2v) is 3.43. The topological polar surface area (TPSA) is 101 Å². The maximum absolute atomic E-state index is 11.7. The number of nitrogens with zero attached hydrogens (tertiary/aromatic N) is 1. The lowest BCUT2D eigenvalue weighted by atomic mass is 10.0. The Morgan fingerprint density at radius 3 is 2.50 bits per heavy atom. The van der Waals surface area contributed by atoms with Crippen molar-refractivity contribution in [2.24, 2.45) is 0 Å². The van der Waals surface area contributed by atoms with Crippen molar-refractivity contribution in [2.45, 2.75) is 0 Å². The fourth-order valence-electron chi connectivity index (χ4n) is 1.69. The van der Waals surface area contributed by atoms with Gasteiger partial charge in [-0.05, 0) is 12.1 Å². The van der Waals surface area contributed by atoms with Crippen LogP contribution in [-0.2, 0) is 0 Å². The van der Waals surface area contributed by atoms with Crippen LogP contribution in [-0.4, -0.2) is 34.8 Å². The minimum Gasteiger partial charge on any atom is -0.478 e. The number of hydrogen-bond donors (Lipinski definition) is 2. The van der Waals surface area contributed by atoms with Gasteiger partial charge >= 0.3 is 5.97 Å². The second-order valence-electron chi connectivity index (χ2n) is 3.43. The highest BCUT2D eigenvalue weighted by Crippen LogP contribution is 2.28. The lowest BCUT2D eigenvalue weighted by molar-refractivity contribution is 0.0664. The van der Waals surface area contributed by atoms with Gasteiger partial charge in [-0.3, -0.25) is 14.5 Å². The molecule has 1 aliphatic heterocycles. The summed E-state index contributed by atoms with van der Waals surface area (Å²) in [5, 5.41) is 8.96. The lowest BCUT2D eigenvalue weighted by Gasteiger charge is -2.05. The van der Waals surface area contributed by atoms with Gasteiger partial charge in [0.25, 0.3) is 11.8 Å². The quantitative estimate of drug-likeness (QED) is 0.519. The molecule has 82 valence electrons. The first kappa shape index (κ1) is 10.2. The summed E-state index contributed by atoms with van der Waals surface area (Å²) in [6.07, 6.45) is 0. The number of nitrogen functional groups attached to an aromatic ring is 1. The number of amides is 2. The fourth-order valence-corrected chi connectivity index (χ4v) is 1.69. The zero-order valence-electron chi connectivity index (χ0n) is 8.35. The minimum atomic E-state index is -1.31. The number of carboxylic acids is 1. The van der Waals surface area contributed by atoms with Crippen molar-refractivity contribution in [3.05, 3.63) is 28.8 Å². The molecule has 0 radical (unpaired) electrons. The molecule has 2 rings (SSSR count). The van der Waals surface area contributed by atoms with Gasteiger partial charge in [0.1, 0.15) is 0 Å².